The summed E-state index contributed by atoms with van der Waals surface area (Å²) in [5.74, 6) is 0.179. The highest BCUT2D eigenvalue weighted by Crippen LogP contribution is 2.26. The molecule has 0 saturated carbocycles. The van der Waals surface area contributed by atoms with Crippen molar-refractivity contribution in [2.24, 2.45) is 0 Å². The molecule has 2 aromatic carbocycles. The molecule has 0 aliphatic carbocycles. The van der Waals surface area contributed by atoms with Crippen LogP contribution in [0, 0.1) is 0 Å². The Morgan fingerprint density at radius 1 is 1.11 bits per heavy atom. The molecule has 4 N–H and O–H groups in total. The second-order valence-corrected chi connectivity index (χ2v) is 6.38. The number of aromatic nitrogens is 2. The van der Waals surface area contributed by atoms with Crippen molar-refractivity contribution >= 4 is 23.3 Å². The maximum Gasteiger partial charge on any atom is 0.277 e. The molecule has 1 aromatic heterocycles. The summed E-state index contributed by atoms with van der Waals surface area (Å²) in [6.45, 7) is 2.02. The second kappa shape index (κ2) is 9.72. The minimum Gasteiger partial charge on any atom is -0.487 e. The summed E-state index contributed by atoms with van der Waals surface area (Å²) < 4.78 is 10.2. The van der Waals surface area contributed by atoms with Crippen LogP contribution in [0.5, 0.6) is 5.75 Å². The van der Waals surface area contributed by atoms with E-state index in [4.69, 9.17) is 22.1 Å². The van der Waals surface area contributed by atoms with Gasteiger partial charge in [0.15, 0.2) is 0 Å². The molecule has 0 fully saturated rings. The van der Waals surface area contributed by atoms with Gasteiger partial charge in [0, 0.05) is 19.6 Å². The highest BCUT2D eigenvalue weighted by atomic mass is 35.5. The predicted molar refractivity (Wildman–Crippen MR) is 105 cm³/mol. The van der Waals surface area contributed by atoms with Crippen LogP contribution in [0.2, 0.25) is 5.02 Å². The molecule has 0 aliphatic heterocycles. The molecule has 146 valence electrons. The largest absolute Gasteiger partial charge is 0.487 e. The van der Waals surface area contributed by atoms with E-state index in [-0.39, 0.29) is 11.5 Å². The van der Waals surface area contributed by atoms with Crippen molar-refractivity contribution in [3.63, 3.8) is 0 Å². The summed E-state index contributed by atoms with van der Waals surface area (Å²) in [5, 5.41) is 13.2. The van der Waals surface area contributed by atoms with Crippen molar-refractivity contribution in [2.75, 3.05) is 18.8 Å². The zero-order chi connectivity index (χ0) is 19.8. The highest BCUT2D eigenvalue weighted by Gasteiger charge is 2.14. The van der Waals surface area contributed by atoms with E-state index in [1.807, 2.05) is 48.5 Å². The minimum atomic E-state index is -0.427. The van der Waals surface area contributed by atoms with Crippen molar-refractivity contribution < 1.29 is 14.2 Å². The van der Waals surface area contributed by atoms with Crippen LogP contribution in [0.4, 0.5) is 5.82 Å². The highest BCUT2D eigenvalue weighted by molar-refractivity contribution is 6.32. The first-order valence-electron chi connectivity index (χ1n) is 8.65. The Morgan fingerprint density at radius 3 is 2.64 bits per heavy atom. The summed E-state index contributed by atoms with van der Waals surface area (Å²) in [6, 6.07) is 15.5. The molecule has 0 radical (unpaired) electrons. The molecule has 0 unspecified atom stereocenters. The number of hydrogen-bond acceptors (Lipinski definition) is 7. The fraction of sp³-hybridized carbons (Fsp3) is 0.211. The van der Waals surface area contributed by atoms with E-state index >= 15 is 0 Å². The third-order valence-electron chi connectivity index (χ3n) is 3.88. The number of rotatable bonds is 9. The van der Waals surface area contributed by atoms with Crippen LogP contribution in [0.1, 0.15) is 21.6 Å². The molecule has 0 spiro atoms. The lowest BCUT2D eigenvalue weighted by atomic mass is 10.2. The first-order chi connectivity index (χ1) is 13.6. The molecule has 1 amide bonds. The zero-order valence-electron chi connectivity index (χ0n) is 15.0. The molecule has 3 rings (SSSR count). The Hall–Kier alpha value is -3.10. The average molecular weight is 402 g/mol. The number of nitrogens with two attached hydrogens (primary N) is 1. The van der Waals surface area contributed by atoms with Gasteiger partial charge in [-0.15, -0.1) is 0 Å². The van der Waals surface area contributed by atoms with Crippen LogP contribution in [-0.2, 0) is 13.2 Å². The van der Waals surface area contributed by atoms with E-state index in [1.54, 1.807) is 0 Å². The van der Waals surface area contributed by atoms with Gasteiger partial charge in [0.1, 0.15) is 12.4 Å². The number of hydrogen-bond donors (Lipinski definition) is 3. The Bertz CT molecular complexity index is 917. The maximum absolute atomic E-state index is 11.8. The Balaban J connectivity index is 1.39. The normalized spacial score (nSPS) is 10.6. The molecular formula is C19H20ClN5O3. The zero-order valence-corrected chi connectivity index (χ0v) is 15.8. The topological polar surface area (TPSA) is 115 Å². The van der Waals surface area contributed by atoms with Crippen molar-refractivity contribution in [1.82, 2.24) is 20.9 Å². The molecule has 0 aliphatic rings. The Kier molecular flexibility index (Phi) is 6.83. The number of halogens is 1. The SMILES string of the molecule is Nc1nonc1C(=O)NCCNCc1ccc(OCc2ccccc2)c(Cl)c1. The van der Waals surface area contributed by atoms with Crippen LogP contribution >= 0.6 is 11.6 Å². The molecule has 0 atom stereocenters. The quantitative estimate of drug-likeness (QED) is 0.471. The number of carbonyl (C=O) groups is 1. The molecule has 0 saturated heterocycles. The molecule has 1 heterocycles. The van der Waals surface area contributed by atoms with E-state index in [1.165, 1.54) is 0 Å². The van der Waals surface area contributed by atoms with Crippen LogP contribution in [0.15, 0.2) is 53.2 Å². The number of benzene rings is 2. The van der Waals surface area contributed by atoms with Gasteiger partial charge in [-0.1, -0.05) is 48.0 Å². The van der Waals surface area contributed by atoms with Gasteiger partial charge in [0.05, 0.1) is 5.02 Å². The number of nitrogen functional groups attached to an aromatic ring is 1. The lowest BCUT2D eigenvalue weighted by molar-refractivity contribution is 0.0944. The van der Waals surface area contributed by atoms with Crippen molar-refractivity contribution in [3.8, 4) is 5.75 Å². The van der Waals surface area contributed by atoms with E-state index in [9.17, 15) is 4.79 Å². The number of nitrogens with zero attached hydrogens (tertiary/aromatic N) is 2. The van der Waals surface area contributed by atoms with Crippen LogP contribution in [-0.4, -0.2) is 29.3 Å². The number of ether oxygens (including phenoxy) is 1. The predicted octanol–water partition coefficient (Wildman–Crippen LogP) is 2.40. The van der Waals surface area contributed by atoms with Gasteiger partial charge in [-0.25, -0.2) is 4.63 Å². The molecule has 9 heteroatoms. The van der Waals surface area contributed by atoms with E-state index < -0.39 is 5.91 Å². The fourth-order valence-electron chi connectivity index (χ4n) is 2.44. The lowest BCUT2D eigenvalue weighted by Crippen LogP contribution is -2.32. The van der Waals surface area contributed by atoms with Crippen molar-refractivity contribution in [3.05, 3.63) is 70.4 Å². The molecule has 28 heavy (non-hydrogen) atoms. The third-order valence-corrected chi connectivity index (χ3v) is 4.17. The maximum atomic E-state index is 11.8. The van der Waals surface area contributed by atoms with E-state index in [0.29, 0.717) is 37.0 Å². The number of carbonyl (C=O) groups excluding carboxylic acids is 1. The summed E-state index contributed by atoms with van der Waals surface area (Å²) in [4.78, 5) is 11.8. The Labute approximate surface area is 167 Å². The Morgan fingerprint density at radius 2 is 1.93 bits per heavy atom. The van der Waals surface area contributed by atoms with E-state index in [0.717, 1.165) is 11.1 Å². The second-order valence-electron chi connectivity index (χ2n) is 5.97. The van der Waals surface area contributed by atoms with Gasteiger partial charge in [0.2, 0.25) is 11.5 Å². The first-order valence-corrected chi connectivity index (χ1v) is 9.03. The molecular weight excluding hydrogens is 382 g/mol. The molecule has 8 nitrogen and oxygen atoms in total. The van der Waals surface area contributed by atoms with E-state index in [2.05, 4.69) is 25.6 Å². The van der Waals surface area contributed by atoms with Crippen LogP contribution < -0.4 is 21.1 Å². The smallest absolute Gasteiger partial charge is 0.277 e. The number of anilines is 1. The number of nitrogens with one attached hydrogen (secondary N) is 2. The van der Waals surface area contributed by atoms with Gasteiger partial charge in [-0.05, 0) is 33.6 Å². The molecule has 3 aromatic rings. The minimum absolute atomic E-state index is 0.0159. The van der Waals surface area contributed by atoms with Crippen LogP contribution in [0.25, 0.3) is 0 Å². The van der Waals surface area contributed by atoms with Gasteiger partial charge in [-0.2, -0.15) is 0 Å². The average Bonchev–Trinajstić information content (AvgIpc) is 3.14. The standard InChI is InChI=1S/C19H20ClN5O3/c20-15-10-14(6-7-16(15)27-12-13-4-2-1-3-5-13)11-22-8-9-23-19(26)17-18(21)25-28-24-17/h1-7,10,22H,8-9,11-12H2,(H2,21,25)(H,23,26). The lowest BCUT2D eigenvalue weighted by Gasteiger charge is -2.10. The van der Waals surface area contributed by atoms with Gasteiger partial charge >= 0.3 is 0 Å². The van der Waals surface area contributed by atoms with Gasteiger partial charge in [0.25, 0.3) is 5.91 Å². The molecule has 0 bridgehead atoms. The summed E-state index contributed by atoms with van der Waals surface area (Å²) in [6.07, 6.45) is 0. The fourth-order valence-corrected chi connectivity index (χ4v) is 2.70. The summed E-state index contributed by atoms with van der Waals surface area (Å²) >= 11 is 6.31. The first kappa shape index (κ1) is 19.7. The third kappa shape index (κ3) is 5.45. The van der Waals surface area contributed by atoms with Crippen LogP contribution in [0.3, 0.4) is 0 Å². The monoisotopic (exact) mass is 401 g/mol. The summed E-state index contributed by atoms with van der Waals surface area (Å²) in [5.41, 5.74) is 7.53. The summed E-state index contributed by atoms with van der Waals surface area (Å²) in [7, 11) is 0. The number of amides is 1. The van der Waals surface area contributed by atoms with Gasteiger partial charge in [-0.3, -0.25) is 4.79 Å². The van der Waals surface area contributed by atoms with Gasteiger partial charge < -0.3 is 21.1 Å². The van der Waals surface area contributed by atoms with Crippen molar-refractivity contribution in [1.29, 1.82) is 0 Å². The van der Waals surface area contributed by atoms with Crippen molar-refractivity contribution in [2.45, 2.75) is 13.2 Å².